The molecule has 20 heavy (non-hydrogen) atoms. The van der Waals surface area contributed by atoms with E-state index in [1.807, 2.05) is 48.7 Å². The highest BCUT2D eigenvalue weighted by atomic mass is 35.5. The van der Waals surface area contributed by atoms with Crippen LogP contribution in [0.2, 0.25) is 4.34 Å². The topological polar surface area (TPSA) is 50.4 Å². The summed E-state index contributed by atoms with van der Waals surface area (Å²) in [5.41, 5.74) is 2.41. The highest BCUT2D eigenvalue weighted by Crippen LogP contribution is 2.32. The molecular formula is C14H10ClN3OS. The molecule has 2 aromatic heterocycles. The van der Waals surface area contributed by atoms with Crippen molar-refractivity contribution in [2.75, 3.05) is 0 Å². The summed E-state index contributed by atoms with van der Waals surface area (Å²) in [5, 5.41) is 16.4. The Morgan fingerprint density at radius 1 is 1.20 bits per heavy atom. The first-order valence-corrected chi connectivity index (χ1v) is 7.05. The monoisotopic (exact) mass is 303 g/mol. The van der Waals surface area contributed by atoms with Crippen molar-refractivity contribution in [3.8, 4) is 16.3 Å². The molecule has 0 unspecified atom stereocenters. The molecule has 3 rings (SSSR count). The van der Waals surface area contributed by atoms with E-state index >= 15 is 0 Å². The van der Waals surface area contributed by atoms with Crippen molar-refractivity contribution in [3.63, 3.8) is 0 Å². The first-order valence-electron chi connectivity index (χ1n) is 5.86. The zero-order valence-electron chi connectivity index (χ0n) is 10.3. The average Bonchev–Trinajstić information content (AvgIpc) is 3.07. The molecule has 0 atom stereocenters. The Bertz CT molecular complexity index is 749. The van der Waals surface area contributed by atoms with Gasteiger partial charge in [0.15, 0.2) is 0 Å². The van der Waals surface area contributed by atoms with Crippen molar-refractivity contribution in [3.05, 3.63) is 58.6 Å². The van der Waals surface area contributed by atoms with E-state index in [1.54, 1.807) is 4.68 Å². The minimum absolute atomic E-state index is 0.696. The molecule has 0 bridgehead atoms. The van der Waals surface area contributed by atoms with Crippen LogP contribution in [0, 0.1) is 0 Å². The van der Waals surface area contributed by atoms with Crippen LogP contribution in [0.5, 0.6) is 0 Å². The first-order chi connectivity index (χ1) is 9.78. The Labute approximate surface area is 124 Å². The molecular weight excluding hydrogens is 294 g/mol. The number of halogens is 1. The Balaban J connectivity index is 2.12. The Kier molecular flexibility index (Phi) is 3.54. The minimum Gasteiger partial charge on any atom is -0.411 e. The summed E-state index contributed by atoms with van der Waals surface area (Å²) in [6.07, 6.45) is 3.19. The quantitative estimate of drug-likeness (QED) is 0.450. The van der Waals surface area contributed by atoms with Gasteiger partial charge in [0.25, 0.3) is 0 Å². The molecule has 0 aliphatic carbocycles. The third kappa shape index (κ3) is 2.45. The molecule has 2 heterocycles. The fraction of sp³-hybridized carbons (Fsp3) is 0. The molecule has 0 aliphatic heterocycles. The number of thiophene rings is 1. The second kappa shape index (κ2) is 5.48. The second-order valence-electron chi connectivity index (χ2n) is 4.06. The van der Waals surface area contributed by atoms with E-state index in [1.165, 1.54) is 17.6 Å². The molecule has 0 aliphatic rings. The molecule has 0 spiro atoms. The van der Waals surface area contributed by atoms with Gasteiger partial charge < -0.3 is 5.21 Å². The van der Waals surface area contributed by atoms with E-state index in [4.69, 9.17) is 16.8 Å². The summed E-state index contributed by atoms with van der Waals surface area (Å²) in [5.74, 6) is 0. The summed E-state index contributed by atoms with van der Waals surface area (Å²) in [6.45, 7) is 0. The lowest BCUT2D eigenvalue weighted by Gasteiger charge is -1.99. The van der Waals surface area contributed by atoms with Crippen molar-refractivity contribution in [2.45, 2.75) is 0 Å². The molecule has 0 radical (unpaired) electrons. The number of benzene rings is 1. The van der Waals surface area contributed by atoms with Crippen LogP contribution in [0.25, 0.3) is 16.3 Å². The van der Waals surface area contributed by atoms with Gasteiger partial charge in [-0.3, -0.25) is 0 Å². The second-order valence-corrected chi connectivity index (χ2v) is 5.78. The van der Waals surface area contributed by atoms with E-state index in [9.17, 15) is 0 Å². The van der Waals surface area contributed by atoms with Gasteiger partial charge in [0.2, 0.25) is 0 Å². The average molecular weight is 304 g/mol. The highest BCUT2D eigenvalue weighted by molar-refractivity contribution is 7.19. The van der Waals surface area contributed by atoms with E-state index in [0.717, 1.165) is 21.8 Å². The summed E-state index contributed by atoms with van der Waals surface area (Å²) in [6, 6.07) is 13.5. The van der Waals surface area contributed by atoms with E-state index in [0.29, 0.717) is 4.34 Å². The Hall–Kier alpha value is -2.11. The van der Waals surface area contributed by atoms with Crippen molar-refractivity contribution >= 4 is 29.2 Å². The number of oxime groups is 1. The third-order valence-electron chi connectivity index (χ3n) is 2.77. The lowest BCUT2D eigenvalue weighted by Crippen LogP contribution is -1.93. The zero-order valence-corrected chi connectivity index (χ0v) is 11.8. The lowest BCUT2D eigenvalue weighted by molar-refractivity contribution is 0.322. The smallest absolute Gasteiger partial charge is 0.112 e. The SMILES string of the molecule is O/N=C/c1cn(-c2ccccc2)nc1-c1ccc(Cl)s1. The van der Waals surface area contributed by atoms with Gasteiger partial charge in [-0.2, -0.15) is 5.10 Å². The molecule has 1 aromatic carbocycles. The van der Waals surface area contributed by atoms with Gasteiger partial charge in [-0.1, -0.05) is 35.0 Å². The third-order valence-corrected chi connectivity index (χ3v) is 4.00. The van der Waals surface area contributed by atoms with Crippen molar-refractivity contribution < 1.29 is 5.21 Å². The summed E-state index contributed by atoms with van der Waals surface area (Å²) in [7, 11) is 0. The van der Waals surface area contributed by atoms with Gasteiger partial charge in [-0.15, -0.1) is 11.3 Å². The maximum atomic E-state index is 8.79. The van der Waals surface area contributed by atoms with Gasteiger partial charge >= 0.3 is 0 Å². The van der Waals surface area contributed by atoms with Crippen molar-refractivity contribution in [1.82, 2.24) is 9.78 Å². The maximum absolute atomic E-state index is 8.79. The Morgan fingerprint density at radius 3 is 2.65 bits per heavy atom. The zero-order chi connectivity index (χ0) is 13.9. The number of nitrogens with zero attached hydrogens (tertiary/aromatic N) is 3. The normalized spacial score (nSPS) is 11.2. The molecule has 4 nitrogen and oxygen atoms in total. The fourth-order valence-corrected chi connectivity index (χ4v) is 2.94. The predicted molar refractivity (Wildman–Crippen MR) is 81.3 cm³/mol. The number of rotatable bonds is 3. The predicted octanol–water partition coefficient (Wildman–Crippen LogP) is 4.06. The van der Waals surface area contributed by atoms with Gasteiger partial charge in [0.1, 0.15) is 5.69 Å². The van der Waals surface area contributed by atoms with Gasteiger partial charge in [0, 0.05) is 11.8 Å². The van der Waals surface area contributed by atoms with Gasteiger partial charge in [0.05, 0.1) is 21.1 Å². The van der Waals surface area contributed by atoms with Crippen LogP contribution >= 0.6 is 22.9 Å². The van der Waals surface area contributed by atoms with Crippen LogP contribution in [-0.2, 0) is 0 Å². The van der Waals surface area contributed by atoms with Crippen molar-refractivity contribution in [2.24, 2.45) is 5.16 Å². The van der Waals surface area contributed by atoms with Crippen LogP contribution in [0.3, 0.4) is 0 Å². The number of para-hydroxylation sites is 1. The number of hydrogen-bond donors (Lipinski definition) is 1. The molecule has 0 fully saturated rings. The molecule has 1 N–H and O–H groups in total. The van der Waals surface area contributed by atoms with E-state index in [2.05, 4.69) is 10.3 Å². The van der Waals surface area contributed by atoms with Crippen molar-refractivity contribution in [1.29, 1.82) is 0 Å². The Morgan fingerprint density at radius 2 is 2.00 bits per heavy atom. The highest BCUT2D eigenvalue weighted by Gasteiger charge is 2.13. The van der Waals surface area contributed by atoms with Gasteiger partial charge in [-0.05, 0) is 24.3 Å². The van der Waals surface area contributed by atoms with E-state index < -0.39 is 0 Å². The van der Waals surface area contributed by atoms with Crippen LogP contribution in [0.15, 0.2) is 53.8 Å². The van der Waals surface area contributed by atoms with Crippen LogP contribution in [0.4, 0.5) is 0 Å². The van der Waals surface area contributed by atoms with Crippen LogP contribution < -0.4 is 0 Å². The molecule has 0 saturated heterocycles. The molecule has 0 amide bonds. The summed E-state index contributed by atoms with van der Waals surface area (Å²) in [4.78, 5) is 0.930. The van der Waals surface area contributed by atoms with E-state index in [-0.39, 0.29) is 0 Å². The maximum Gasteiger partial charge on any atom is 0.112 e. The molecule has 0 saturated carbocycles. The minimum atomic E-state index is 0.696. The fourth-order valence-electron chi connectivity index (χ4n) is 1.89. The molecule has 6 heteroatoms. The largest absolute Gasteiger partial charge is 0.411 e. The number of hydrogen-bond acceptors (Lipinski definition) is 4. The summed E-state index contributed by atoms with van der Waals surface area (Å²) >= 11 is 7.40. The summed E-state index contributed by atoms with van der Waals surface area (Å²) < 4.78 is 2.45. The molecule has 100 valence electrons. The lowest BCUT2D eigenvalue weighted by atomic mass is 10.2. The van der Waals surface area contributed by atoms with Crippen LogP contribution in [-0.4, -0.2) is 21.2 Å². The standard InChI is InChI=1S/C14H10ClN3OS/c15-13-7-6-12(20-13)14-10(8-16-19)9-18(17-14)11-4-2-1-3-5-11/h1-9,19H/b16-8+. The van der Waals surface area contributed by atoms with Crippen LogP contribution in [0.1, 0.15) is 5.56 Å². The first kappa shape index (κ1) is 12.9. The number of aromatic nitrogens is 2. The molecule has 3 aromatic rings. The van der Waals surface area contributed by atoms with Gasteiger partial charge in [-0.25, -0.2) is 4.68 Å².